The van der Waals surface area contributed by atoms with Crippen molar-refractivity contribution in [1.82, 2.24) is 0 Å². The van der Waals surface area contributed by atoms with Gasteiger partial charge in [0.2, 0.25) is 0 Å². The molecule has 0 aromatic heterocycles. The van der Waals surface area contributed by atoms with Gasteiger partial charge in [-0.3, -0.25) is 4.79 Å². The van der Waals surface area contributed by atoms with E-state index in [1.54, 1.807) is 6.92 Å². The number of rotatable bonds is 3. The van der Waals surface area contributed by atoms with Crippen LogP contribution in [0.2, 0.25) is 0 Å². The van der Waals surface area contributed by atoms with E-state index in [9.17, 15) is 4.79 Å². The number of carbonyl (C=O) groups is 1. The van der Waals surface area contributed by atoms with Crippen molar-refractivity contribution in [2.24, 2.45) is 0 Å². The van der Waals surface area contributed by atoms with Crippen molar-refractivity contribution in [1.29, 1.82) is 0 Å². The number of alkyl halides is 2. The van der Waals surface area contributed by atoms with Crippen LogP contribution in [0, 0.1) is 6.92 Å². The molecule has 3 heteroatoms. The minimum absolute atomic E-state index is 0.137. The number of carbonyl (C=O) groups excluding carboxylic acids is 1. The Morgan fingerprint density at radius 3 is 2.64 bits per heavy atom. The maximum Gasteiger partial charge on any atom is 0.147 e. The maximum absolute atomic E-state index is 11.3. The first-order chi connectivity index (χ1) is 6.57. The number of halogens is 2. The van der Waals surface area contributed by atoms with Crippen molar-refractivity contribution in [3.05, 3.63) is 34.9 Å². The van der Waals surface area contributed by atoms with Gasteiger partial charge in [0.25, 0.3) is 0 Å². The number of ketones is 1. The van der Waals surface area contributed by atoms with E-state index in [-0.39, 0.29) is 10.6 Å². The molecule has 0 spiro atoms. The van der Waals surface area contributed by atoms with Crippen LogP contribution in [-0.4, -0.2) is 5.78 Å². The Balaban J connectivity index is 3.20. The van der Waals surface area contributed by atoms with Crippen LogP contribution in [0.25, 0.3) is 0 Å². The molecular weight excluding hydrogens is 308 g/mol. The highest BCUT2D eigenvalue weighted by atomic mass is 79.9. The zero-order valence-corrected chi connectivity index (χ0v) is 11.4. The molecule has 1 aromatic carbocycles. The van der Waals surface area contributed by atoms with Crippen LogP contribution >= 0.6 is 31.9 Å². The minimum atomic E-state index is -0.185. The minimum Gasteiger partial charge on any atom is -0.298 e. The summed E-state index contributed by atoms with van der Waals surface area (Å²) in [6.07, 6.45) is 0. The van der Waals surface area contributed by atoms with Gasteiger partial charge in [-0.1, -0.05) is 50.1 Å². The Hall–Kier alpha value is -0.150. The van der Waals surface area contributed by atoms with E-state index in [4.69, 9.17) is 0 Å². The first kappa shape index (κ1) is 11.9. The van der Waals surface area contributed by atoms with Gasteiger partial charge in [-0.25, -0.2) is 0 Å². The summed E-state index contributed by atoms with van der Waals surface area (Å²) in [5.41, 5.74) is 3.48. The largest absolute Gasteiger partial charge is 0.298 e. The van der Waals surface area contributed by atoms with Crippen molar-refractivity contribution in [3.8, 4) is 0 Å². The van der Waals surface area contributed by atoms with Crippen molar-refractivity contribution >= 4 is 37.6 Å². The third-order valence-corrected chi connectivity index (χ3v) is 3.91. The molecule has 14 heavy (non-hydrogen) atoms. The van der Waals surface area contributed by atoms with E-state index in [1.165, 1.54) is 11.1 Å². The van der Waals surface area contributed by atoms with Crippen LogP contribution in [0.1, 0.15) is 28.4 Å². The van der Waals surface area contributed by atoms with E-state index in [0.29, 0.717) is 0 Å². The molecule has 0 N–H and O–H groups in total. The van der Waals surface area contributed by atoms with Gasteiger partial charge in [0, 0.05) is 5.33 Å². The van der Waals surface area contributed by atoms with Gasteiger partial charge in [-0.2, -0.15) is 0 Å². The third-order valence-electron chi connectivity index (χ3n) is 2.21. The second-order valence-electron chi connectivity index (χ2n) is 3.25. The Kier molecular flexibility index (Phi) is 4.32. The summed E-state index contributed by atoms with van der Waals surface area (Å²) in [5, 5.41) is 0.782. The Morgan fingerprint density at radius 1 is 1.50 bits per heavy atom. The normalized spacial score (nSPS) is 12.6. The van der Waals surface area contributed by atoms with Gasteiger partial charge in [-0.15, -0.1) is 0 Å². The number of hydrogen-bond acceptors (Lipinski definition) is 1. The summed E-state index contributed by atoms with van der Waals surface area (Å²) >= 11 is 6.85. The van der Waals surface area contributed by atoms with Crippen molar-refractivity contribution < 1.29 is 4.79 Å². The Bertz CT molecular complexity index is 347. The van der Waals surface area contributed by atoms with Gasteiger partial charge in [0.1, 0.15) is 5.78 Å². The van der Waals surface area contributed by atoms with E-state index in [0.717, 1.165) is 10.9 Å². The molecule has 0 aliphatic carbocycles. The van der Waals surface area contributed by atoms with E-state index in [2.05, 4.69) is 44.8 Å². The van der Waals surface area contributed by atoms with E-state index >= 15 is 0 Å². The quantitative estimate of drug-likeness (QED) is 0.772. The molecule has 0 saturated heterocycles. The summed E-state index contributed by atoms with van der Waals surface area (Å²) in [4.78, 5) is 11.1. The van der Waals surface area contributed by atoms with Crippen LogP contribution in [0.15, 0.2) is 18.2 Å². The van der Waals surface area contributed by atoms with Crippen LogP contribution in [0.4, 0.5) is 0 Å². The molecule has 0 saturated carbocycles. The van der Waals surface area contributed by atoms with Gasteiger partial charge in [-0.05, 0) is 30.5 Å². The highest BCUT2D eigenvalue weighted by molar-refractivity contribution is 9.09. The molecule has 0 amide bonds. The first-order valence-electron chi connectivity index (χ1n) is 4.36. The van der Waals surface area contributed by atoms with Crippen molar-refractivity contribution in [2.75, 3.05) is 0 Å². The third kappa shape index (κ3) is 2.45. The second-order valence-corrected chi connectivity index (χ2v) is 4.73. The summed E-state index contributed by atoms with van der Waals surface area (Å²) in [7, 11) is 0. The molecule has 1 atom stereocenters. The number of hydrogen-bond donors (Lipinski definition) is 0. The number of benzene rings is 1. The lowest BCUT2D eigenvalue weighted by Gasteiger charge is -2.13. The average Bonchev–Trinajstić information content (AvgIpc) is 2.16. The van der Waals surface area contributed by atoms with Gasteiger partial charge in [0.15, 0.2) is 0 Å². The highest BCUT2D eigenvalue weighted by Gasteiger charge is 2.16. The molecule has 76 valence electrons. The van der Waals surface area contributed by atoms with Gasteiger partial charge >= 0.3 is 0 Å². The smallest absolute Gasteiger partial charge is 0.147 e. The maximum atomic E-state index is 11.3. The fourth-order valence-electron chi connectivity index (χ4n) is 1.36. The molecule has 1 nitrogen and oxygen atoms in total. The molecule has 1 aromatic rings. The summed E-state index contributed by atoms with van der Waals surface area (Å²) in [6.45, 7) is 3.65. The zero-order chi connectivity index (χ0) is 10.7. The molecule has 1 rings (SSSR count). The Labute approximate surface area is 101 Å². The lowest BCUT2D eigenvalue weighted by molar-refractivity contribution is -0.116. The van der Waals surface area contributed by atoms with Crippen LogP contribution < -0.4 is 0 Å². The van der Waals surface area contributed by atoms with Crippen LogP contribution in [0.3, 0.4) is 0 Å². The number of Topliss-reactive ketones (excluding diaryl/α,β-unsaturated/α-hetero) is 1. The average molecular weight is 320 g/mol. The number of aryl methyl sites for hydroxylation is 1. The standard InChI is InChI=1S/C11H12Br2O/c1-7-4-3-5-9(10(7)6-12)11(13)8(2)14/h3-5,11H,6H2,1-2H3. The molecular formula is C11H12Br2O. The summed E-state index contributed by atoms with van der Waals surface area (Å²) in [5.74, 6) is 0.137. The van der Waals surface area contributed by atoms with E-state index in [1.807, 2.05) is 12.1 Å². The molecule has 0 bridgehead atoms. The molecule has 0 fully saturated rings. The van der Waals surface area contributed by atoms with E-state index < -0.39 is 0 Å². The monoisotopic (exact) mass is 318 g/mol. The molecule has 0 heterocycles. The van der Waals surface area contributed by atoms with Crippen LogP contribution in [0.5, 0.6) is 0 Å². The molecule has 0 radical (unpaired) electrons. The predicted molar refractivity (Wildman–Crippen MR) is 66.2 cm³/mol. The predicted octanol–water partition coefficient (Wildman–Crippen LogP) is 3.91. The fourth-order valence-corrected chi connectivity index (χ4v) is 2.56. The van der Waals surface area contributed by atoms with Gasteiger partial charge in [0.05, 0.1) is 4.83 Å². The zero-order valence-electron chi connectivity index (χ0n) is 8.18. The Morgan fingerprint density at radius 2 is 2.14 bits per heavy atom. The first-order valence-corrected chi connectivity index (χ1v) is 6.40. The summed E-state index contributed by atoms with van der Waals surface area (Å²) < 4.78 is 0. The van der Waals surface area contributed by atoms with Crippen molar-refractivity contribution in [3.63, 3.8) is 0 Å². The van der Waals surface area contributed by atoms with Crippen molar-refractivity contribution in [2.45, 2.75) is 24.0 Å². The lowest BCUT2D eigenvalue weighted by atomic mass is 10.00. The van der Waals surface area contributed by atoms with Gasteiger partial charge < -0.3 is 0 Å². The SMILES string of the molecule is CC(=O)C(Br)c1cccc(C)c1CBr. The lowest BCUT2D eigenvalue weighted by Crippen LogP contribution is -2.05. The fraction of sp³-hybridized carbons (Fsp3) is 0.364. The summed E-state index contributed by atoms with van der Waals surface area (Å²) in [6, 6.07) is 6.03. The molecule has 0 aliphatic rings. The second kappa shape index (κ2) is 5.08. The highest BCUT2D eigenvalue weighted by Crippen LogP contribution is 2.29. The van der Waals surface area contributed by atoms with Crippen LogP contribution in [-0.2, 0) is 10.1 Å². The molecule has 0 aliphatic heterocycles. The molecule has 1 unspecified atom stereocenters. The topological polar surface area (TPSA) is 17.1 Å².